The van der Waals surface area contributed by atoms with Crippen LogP contribution in [0.5, 0.6) is 11.5 Å². The molecule has 2 aromatic carbocycles. The van der Waals surface area contributed by atoms with Crippen LogP contribution in [0.25, 0.3) is 10.9 Å². The van der Waals surface area contributed by atoms with Gasteiger partial charge in [-0.2, -0.15) is 0 Å². The molecule has 0 atom stereocenters. The zero-order valence-corrected chi connectivity index (χ0v) is 16.6. The van der Waals surface area contributed by atoms with Gasteiger partial charge in [0.1, 0.15) is 32.0 Å². The van der Waals surface area contributed by atoms with Gasteiger partial charge in [0.25, 0.3) is 0 Å². The van der Waals surface area contributed by atoms with E-state index in [4.69, 9.17) is 30.8 Å². The highest BCUT2D eigenvalue weighted by atomic mass is 16.5. The zero-order valence-electron chi connectivity index (χ0n) is 16.6. The van der Waals surface area contributed by atoms with E-state index in [1.165, 1.54) is 6.33 Å². The van der Waals surface area contributed by atoms with Gasteiger partial charge in [-0.1, -0.05) is 12.0 Å². The second kappa shape index (κ2) is 10.6. The van der Waals surface area contributed by atoms with Gasteiger partial charge in [0.2, 0.25) is 0 Å². The Morgan fingerprint density at radius 1 is 1.07 bits per heavy atom. The maximum atomic E-state index is 6.93. The molecule has 0 fully saturated rings. The molecule has 0 bridgehead atoms. The first-order valence-electron chi connectivity index (χ1n) is 9.22. The first-order valence-corrected chi connectivity index (χ1v) is 9.22. The lowest BCUT2D eigenvalue weighted by Crippen LogP contribution is -2.09. The first-order chi connectivity index (χ1) is 14.7. The van der Waals surface area contributed by atoms with Crippen LogP contribution in [0, 0.1) is 17.8 Å². The van der Waals surface area contributed by atoms with Gasteiger partial charge in [-0.25, -0.2) is 9.97 Å². The van der Waals surface area contributed by atoms with E-state index in [1.807, 2.05) is 30.3 Å². The van der Waals surface area contributed by atoms with Gasteiger partial charge in [-0.3, -0.25) is 5.41 Å². The fourth-order valence-electron chi connectivity index (χ4n) is 2.71. The highest BCUT2D eigenvalue weighted by Gasteiger charge is 2.13. The highest BCUT2D eigenvalue weighted by Crippen LogP contribution is 2.35. The predicted molar refractivity (Wildman–Crippen MR) is 115 cm³/mol. The molecule has 0 saturated heterocycles. The predicted octanol–water partition coefficient (Wildman–Crippen LogP) is 3.38. The van der Waals surface area contributed by atoms with Gasteiger partial charge in [0.15, 0.2) is 17.9 Å². The summed E-state index contributed by atoms with van der Waals surface area (Å²) in [6.07, 6.45) is 7.84. The van der Waals surface area contributed by atoms with E-state index in [2.05, 4.69) is 21.2 Å². The van der Waals surface area contributed by atoms with Gasteiger partial charge in [-0.15, -0.1) is 6.42 Å². The number of rotatable bonds is 11. The number of anilines is 2. The van der Waals surface area contributed by atoms with Crippen LogP contribution in [0.1, 0.15) is 5.56 Å². The molecule has 8 nitrogen and oxygen atoms in total. The van der Waals surface area contributed by atoms with E-state index in [0.29, 0.717) is 36.0 Å². The molecule has 0 aliphatic heterocycles. The number of hydrogen-bond acceptors (Lipinski definition) is 8. The fourth-order valence-corrected chi connectivity index (χ4v) is 2.71. The van der Waals surface area contributed by atoms with Crippen molar-refractivity contribution < 1.29 is 18.9 Å². The van der Waals surface area contributed by atoms with Crippen molar-refractivity contribution in [2.24, 2.45) is 0 Å². The van der Waals surface area contributed by atoms with Gasteiger partial charge in [-0.05, 0) is 24.3 Å². The molecule has 0 aliphatic rings. The highest BCUT2D eigenvalue weighted by molar-refractivity contribution is 5.93. The van der Waals surface area contributed by atoms with Crippen LogP contribution in [0.4, 0.5) is 11.5 Å². The fraction of sp³-hybridized carbons (Fsp3) is 0.227. The molecular formula is C22H22N4O4. The minimum Gasteiger partial charge on any atom is -0.487 e. The molecule has 1 heterocycles. The maximum Gasteiger partial charge on any atom is 0.166 e. The molecule has 8 heteroatoms. The van der Waals surface area contributed by atoms with Crippen molar-refractivity contribution in [3.05, 3.63) is 48.3 Å². The van der Waals surface area contributed by atoms with Crippen LogP contribution in [0.2, 0.25) is 0 Å². The quantitative estimate of drug-likeness (QED) is 0.218. The molecule has 3 aromatic rings. The van der Waals surface area contributed by atoms with Crippen molar-refractivity contribution in [3.8, 4) is 23.8 Å². The molecule has 0 saturated carbocycles. The molecule has 1 aromatic heterocycles. The van der Waals surface area contributed by atoms with Crippen LogP contribution in [0.15, 0.2) is 42.7 Å². The van der Waals surface area contributed by atoms with Crippen molar-refractivity contribution in [1.29, 1.82) is 5.41 Å². The van der Waals surface area contributed by atoms with E-state index in [-0.39, 0.29) is 13.2 Å². The van der Waals surface area contributed by atoms with E-state index in [0.717, 1.165) is 23.0 Å². The summed E-state index contributed by atoms with van der Waals surface area (Å²) in [6, 6.07) is 11.1. The first kappa shape index (κ1) is 20.9. The topological polar surface area (TPSA) is 98.6 Å². The van der Waals surface area contributed by atoms with Crippen LogP contribution >= 0.6 is 0 Å². The molecule has 0 spiro atoms. The number of ether oxygens (including phenoxy) is 4. The van der Waals surface area contributed by atoms with Crippen molar-refractivity contribution in [2.45, 2.75) is 0 Å². The third kappa shape index (κ3) is 5.37. The standard InChI is InChI=1S/C22H22N4O4/c1-3-16-5-4-6-17(11-16)26-22-18-12-20(30-10-8-28-14-23)21(29-9-7-27-2)13-19(18)24-15-25-22/h1,4-6,11-15,23H,7-10H2,2H3,(H,24,25,26). The van der Waals surface area contributed by atoms with E-state index >= 15 is 0 Å². The van der Waals surface area contributed by atoms with Crippen LogP contribution < -0.4 is 14.8 Å². The molecule has 0 unspecified atom stereocenters. The number of nitrogens with one attached hydrogen (secondary N) is 2. The number of benzene rings is 2. The average Bonchev–Trinajstić information content (AvgIpc) is 2.77. The summed E-state index contributed by atoms with van der Waals surface area (Å²) in [4.78, 5) is 8.72. The summed E-state index contributed by atoms with van der Waals surface area (Å²) >= 11 is 0. The minimum absolute atomic E-state index is 0.244. The number of nitrogens with zero attached hydrogens (tertiary/aromatic N) is 2. The van der Waals surface area contributed by atoms with Gasteiger partial charge in [0, 0.05) is 29.8 Å². The SMILES string of the molecule is C#Cc1cccc(Nc2ncnc3cc(OCCOC)c(OCCOC=N)cc23)c1. The van der Waals surface area contributed by atoms with Crippen molar-refractivity contribution >= 4 is 28.8 Å². The lowest BCUT2D eigenvalue weighted by atomic mass is 10.2. The molecule has 2 N–H and O–H groups in total. The number of fused-ring (bicyclic) bond motifs is 1. The summed E-state index contributed by atoms with van der Waals surface area (Å²) < 4.78 is 21.6. The number of hydrogen-bond donors (Lipinski definition) is 2. The van der Waals surface area contributed by atoms with Crippen molar-refractivity contribution in [2.75, 3.05) is 38.9 Å². The second-order valence-corrected chi connectivity index (χ2v) is 6.07. The lowest BCUT2D eigenvalue weighted by molar-refractivity contribution is 0.141. The van der Waals surface area contributed by atoms with Crippen molar-refractivity contribution in [3.63, 3.8) is 0 Å². The molecule has 154 valence electrons. The van der Waals surface area contributed by atoms with E-state index in [1.54, 1.807) is 13.2 Å². The summed E-state index contributed by atoms with van der Waals surface area (Å²) in [7, 11) is 1.61. The van der Waals surface area contributed by atoms with Gasteiger partial charge in [0.05, 0.1) is 12.1 Å². The summed E-state index contributed by atoms with van der Waals surface area (Å²) in [6.45, 7) is 1.30. The second-order valence-electron chi connectivity index (χ2n) is 6.07. The third-order valence-corrected chi connectivity index (χ3v) is 4.08. The molecule has 3 rings (SSSR count). The Morgan fingerprint density at radius 3 is 2.63 bits per heavy atom. The van der Waals surface area contributed by atoms with Crippen LogP contribution in [-0.4, -0.2) is 49.9 Å². The number of aromatic nitrogens is 2. The molecule has 30 heavy (non-hydrogen) atoms. The largest absolute Gasteiger partial charge is 0.487 e. The van der Waals surface area contributed by atoms with Gasteiger partial charge < -0.3 is 24.3 Å². The van der Waals surface area contributed by atoms with Crippen molar-refractivity contribution in [1.82, 2.24) is 9.97 Å². The van der Waals surface area contributed by atoms with Crippen LogP contribution in [-0.2, 0) is 9.47 Å². The Bertz CT molecular complexity index is 1050. The Balaban J connectivity index is 1.94. The average molecular weight is 406 g/mol. The Hall–Kier alpha value is -3.83. The monoisotopic (exact) mass is 406 g/mol. The Morgan fingerprint density at radius 2 is 1.87 bits per heavy atom. The number of terminal acetylenes is 1. The summed E-state index contributed by atoms with van der Waals surface area (Å²) in [5.74, 6) is 4.28. The zero-order chi connectivity index (χ0) is 21.2. The maximum absolute atomic E-state index is 6.93. The normalized spacial score (nSPS) is 10.3. The molecule has 0 aliphatic carbocycles. The lowest BCUT2D eigenvalue weighted by Gasteiger charge is -2.15. The summed E-state index contributed by atoms with van der Waals surface area (Å²) in [5, 5.41) is 11.0. The molecule has 0 radical (unpaired) electrons. The molecular weight excluding hydrogens is 384 g/mol. The van der Waals surface area contributed by atoms with E-state index in [9.17, 15) is 0 Å². The van der Waals surface area contributed by atoms with Gasteiger partial charge >= 0.3 is 0 Å². The van der Waals surface area contributed by atoms with Crippen LogP contribution in [0.3, 0.4) is 0 Å². The molecule has 0 amide bonds. The third-order valence-electron chi connectivity index (χ3n) is 4.08. The smallest absolute Gasteiger partial charge is 0.166 e. The Labute approximate surface area is 174 Å². The Kier molecular flexibility index (Phi) is 7.41. The minimum atomic E-state index is 0.244. The number of methoxy groups -OCH3 is 1. The summed E-state index contributed by atoms with van der Waals surface area (Å²) in [5.41, 5.74) is 2.27. The van der Waals surface area contributed by atoms with E-state index < -0.39 is 0 Å².